The molecule has 1 aliphatic heterocycles. The topological polar surface area (TPSA) is 64.3 Å². The molecular weight excluding hydrogens is 216 g/mol. The molecule has 1 aromatic rings. The number of hydrogen-bond acceptors (Lipinski definition) is 3. The van der Waals surface area contributed by atoms with Crippen LogP contribution in [0.3, 0.4) is 0 Å². The molecule has 0 saturated heterocycles. The number of amides is 1. The fourth-order valence-corrected chi connectivity index (χ4v) is 2.22. The van der Waals surface area contributed by atoms with E-state index in [9.17, 15) is 4.79 Å². The summed E-state index contributed by atoms with van der Waals surface area (Å²) in [5.74, 6) is 0.622. The third-order valence-electron chi connectivity index (χ3n) is 3.02. The van der Waals surface area contributed by atoms with Gasteiger partial charge >= 0.3 is 0 Å². The molecule has 1 atom stereocenters. The van der Waals surface area contributed by atoms with Crippen molar-refractivity contribution in [3.05, 3.63) is 29.8 Å². The minimum absolute atomic E-state index is 0.0954. The van der Waals surface area contributed by atoms with E-state index in [0.717, 1.165) is 11.3 Å². The molecule has 1 aromatic carbocycles. The van der Waals surface area contributed by atoms with Crippen molar-refractivity contribution < 1.29 is 9.53 Å². The van der Waals surface area contributed by atoms with E-state index in [1.54, 1.807) is 0 Å². The number of rotatable bonds is 4. The standard InChI is InChI=1S/C13H18N2O2/c1-13(2)12(15-8-7-11(14)16)9-5-3-4-6-10(9)17-13/h3-6,12,15H,7-8H2,1-2H3,(H2,14,16). The molecule has 1 amide bonds. The third kappa shape index (κ3) is 2.42. The monoisotopic (exact) mass is 234 g/mol. The highest BCUT2D eigenvalue weighted by molar-refractivity contribution is 5.73. The van der Waals surface area contributed by atoms with Crippen LogP contribution in [0.25, 0.3) is 0 Å². The zero-order valence-electron chi connectivity index (χ0n) is 10.2. The van der Waals surface area contributed by atoms with Crippen LogP contribution in [0.15, 0.2) is 24.3 Å². The molecule has 3 N–H and O–H groups in total. The maximum absolute atomic E-state index is 10.7. The number of benzene rings is 1. The van der Waals surface area contributed by atoms with E-state index >= 15 is 0 Å². The lowest BCUT2D eigenvalue weighted by Crippen LogP contribution is -2.40. The Morgan fingerprint density at radius 2 is 2.18 bits per heavy atom. The molecule has 0 aliphatic carbocycles. The Balaban J connectivity index is 2.11. The van der Waals surface area contributed by atoms with Crippen LogP contribution in [-0.2, 0) is 4.79 Å². The molecule has 0 saturated carbocycles. The molecule has 1 aliphatic rings. The summed E-state index contributed by atoms with van der Waals surface area (Å²) in [4.78, 5) is 10.7. The number of carbonyl (C=O) groups excluding carboxylic acids is 1. The normalized spacial score (nSPS) is 20.7. The van der Waals surface area contributed by atoms with Gasteiger partial charge in [-0.15, -0.1) is 0 Å². The van der Waals surface area contributed by atoms with Crippen LogP contribution in [-0.4, -0.2) is 18.1 Å². The Hall–Kier alpha value is -1.55. The molecule has 0 bridgehead atoms. The first-order valence-electron chi connectivity index (χ1n) is 5.80. The van der Waals surface area contributed by atoms with Crippen LogP contribution in [0, 0.1) is 0 Å². The average molecular weight is 234 g/mol. The molecule has 0 spiro atoms. The summed E-state index contributed by atoms with van der Waals surface area (Å²) in [6.07, 6.45) is 0.342. The van der Waals surface area contributed by atoms with Crippen LogP contribution in [0.1, 0.15) is 31.9 Å². The van der Waals surface area contributed by atoms with Gasteiger partial charge in [0.2, 0.25) is 5.91 Å². The Morgan fingerprint density at radius 3 is 2.88 bits per heavy atom. The van der Waals surface area contributed by atoms with Crippen LogP contribution in [0.4, 0.5) is 0 Å². The number of hydrogen-bond donors (Lipinski definition) is 2. The summed E-state index contributed by atoms with van der Waals surface area (Å²) in [5, 5.41) is 3.33. The van der Waals surface area contributed by atoms with Crippen LogP contribution in [0.2, 0.25) is 0 Å². The fraction of sp³-hybridized carbons (Fsp3) is 0.462. The predicted molar refractivity (Wildman–Crippen MR) is 65.7 cm³/mol. The number of para-hydroxylation sites is 1. The van der Waals surface area contributed by atoms with Crippen molar-refractivity contribution in [3.8, 4) is 5.75 Å². The lowest BCUT2D eigenvalue weighted by molar-refractivity contribution is -0.118. The van der Waals surface area contributed by atoms with Gasteiger partial charge < -0.3 is 15.8 Å². The number of nitrogens with one attached hydrogen (secondary N) is 1. The van der Waals surface area contributed by atoms with E-state index in [4.69, 9.17) is 10.5 Å². The third-order valence-corrected chi connectivity index (χ3v) is 3.02. The number of carbonyl (C=O) groups is 1. The first kappa shape index (κ1) is 11.9. The highest BCUT2D eigenvalue weighted by Crippen LogP contribution is 2.42. The smallest absolute Gasteiger partial charge is 0.218 e. The minimum Gasteiger partial charge on any atom is -0.486 e. The quantitative estimate of drug-likeness (QED) is 0.826. The van der Waals surface area contributed by atoms with Gasteiger partial charge in [-0.1, -0.05) is 18.2 Å². The lowest BCUT2D eigenvalue weighted by Gasteiger charge is -2.27. The zero-order chi connectivity index (χ0) is 12.5. The largest absolute Gasteiger partial charge is 0.486 e. The molecule has 1 unspecified atom stereocenters. The van der Waals surface area contributed by atoms with Crippen LogP contribution in [0.5, 0.6) is 5.75 Å². The number of nitrogens with two attached hydrogens (primary N) is 1. The molecule has 17 heavy (non-hydrogen) atoms. The van der Waals surface area contributed by atoms with Gasteiger partial charge in [-0.05, 0) is 19.9 Å². The van der Waals surface area contributed by atoms with Gasteiger partial charge in [-0.2, -0.15) is 0 Å². The summed E-state index contributed by atoms with van der Waals surface area (Å²) in [6, 6.07) is 8.06. The Morgan fingerprint density at radius 1 is 1.47 bits per heavy atom. The molecule has 2 rings (SSSR count). The Kier molecular flexibility index (Phi) is 3.07. The minimum atomic E-state index is -0.304. The first-order chi connectivity index (χ1) is 8.00. The molecule has 92 valence electrons. The van der Waals surface area contributed by atoms with Gasteiger partial charge in [-0.3, -0.25) is 4.79 Å². The zero-order valence-corrected chi connectivity index (χ0v) is 10.2. The van der Waals surface area contributed by atoms with E-state index < -0.39 is 0 Å². The molecule has 0 aromatic heterocycles. The summed E-state index contributed by atoms with van der Waals surface area (Å²) in [7, 11) is 0. The van der Waals surface area contributed by atoms with Gasteiger partial charge in [-0.25, -0.2) is 0 Å². The Labute approximate surface area is 101 Å². The maximum atomic E-state index is 10.7. The Bertz CT molecular complexity index is 429. The van der Waals surface area contributed by atoms with E-state index in [2.05, 4.69) is 5.32 Å². The lowest BCUT2D eigenvalue weighted by atomic mass is 9.94. The first-order valence-corrected chi connectivity index (χ1v) is 5.80. The maximum Gasteiger partial charge on any atom is 0.218 e. The molecule has 0 radical (unpaired) electrons. The van der Waals surface area contributed by atoms with E-state index in [0.29, 0.717) is 13.0 Å². The summed E-state index contributed by atoms with van der Waals surface area (Å²) >= 11 is 0. The molecule has 4 heteroatoms. The van der Waals surface area contributed by atoms with Gasteiger partial charge in [0.25, 0.3) is 0 Å². The van der Waals surface area contributed by atoms with E-state index in [-0.39, 0.29) is 17.6 Å². The SMILES string of the molecule is CC1(C)Oc2ccccc2C1NCCC(N)=O. The van der Waals surface area contributed by atoms with Crippen molar-refractivity contribution in [1.29, 1.82) is 0 Å². The highest BCUT2D eigenvalue weighted by Gasteiger charge is 2.40. The number of ether oxygens (including phenoxy) is 1. The van der Waals surface area contributed by atoms with Gasteiger partial charge in [0.05, 0.1) is 6.04 Å². The fourth-order valence-electron chi connectivity index (χ4n) is 2.22. The van der Waals surface area contributed by atoms with Crippen molar-refractivity contribution in [2.75, 3.05) is 6.54 Å². The second-order valence-electron chi connectivity index (χ2n) is 4.85. The summed E-state index contributed by atoms with van der Waals surface area (Å²) in [5.41, 5.74) is 5.97. The summed E-state index contributed by atoms with van der Waals surface area (Å²) in [6.45, 7) is 4.64. The molecule has 0 fully saturated rings. The van der Waals surface area contributed by atoms with E-state index in [1.807, 2.05) is 38.1 Å². The molecular formula is C13H18N2O2. The second kappa shape index (κ2) is 4.37. The molecule has 4 nitrogen and oxygen atoms in total. The van der Waals surface area contributed by atoms with Gasteiger partial charge in [0.15, 0.2) is 0 Å². The van der Waals surface area contributed by atoms with Crippen LogP contribution >= 0.6 is 0 Å². The van der Waals surface area contributed by atoms with Gasteiger partial charge in [0, 0.05) is 18.5 Å². The number of fused-ring (bicyclic) bond motifs is 1. The number of primary amides is 1. The second-order valence-corrected chi connectivity index (χ2v) is 4.85. The van der Waals surface area contributed by atoms with Crippen molar-refractivity contribution in [1.82, 2.24) is 5.32 Å². The van der Waals surface area contributed by atoms with Crippen LogP contribution < -0.4 is 15.8 Å². The summed E-state index contributed by atoms with van der Waals surface area (Å²) < 4.78 is 5.89. The van der Waals surface area contributed by atoms with Crippen molar-refractivity contribution in [2.45, 2.75) is 31.9 Å². The highest BCUT2D eigenvalue weighted by atomic mass is 16.5. The predicted octanol–water partition coefficient (Wildman–Crippen LogP) is 1.36. The van der Waals surface area contributed by atoms with Gasteiger partial charge in [0.1, 0.15) is 11.4 Å². The van der Waals surface area contributed by atoms with Crippen molar-refractivity contribution in [2.24, 2.45) is 5.73 Å². The van der Waals surface area contributed by atoms with E-state index in [1.165, 1.54) is 0 Å². The molecule has 1 heterocycles. The average Bonchev–Trinajstić information content (AvgIpc) is 2.49. The van der Waals surface area contributed by atoms with Crippen molar-refractivity contribution >= 4 is 5.91 Å². The van der Waals surface area contributed by atoms with Crippen molar-refractivity contribution in [3.63, 3.8) is 0 Å².